The molecule has 1 aliphatic rings. The van der Waals surface area contributed by atoms with E-state index >= 15 is 0 Å². The Morgan fingerprint density at radius 3 is 2.52 bits per heavy atom. The average Bonchev–Trinajstić information content (AvgIpc) is 3.08. The summed E-state index contributed by atoms with van der Waals surface area (Å²) in [5.74, 6) is 1.29. The van der Waals surface area contributed by atoms with Gasteiger partial charge in [0.15, 0.2) is 0 Å². The number of halogens is 2. The van der Waals surface area contributed by atoms with E-state index in [1.54, 1.807) is 12.1 Å². The van der Waals surface area contributed by atoms with E-state index in [4.69, 9.17) is 32.4 Å². The maximum absolute atomic E-state index is 11.6. The highest BCUT2D eigenvalue weighted by Gasteiger charge is 2.44. The number of ether oxygens (including phenoxy) is 1. The van der Waals surface area contributed by atoms with Crippen LogP contribution in [0.15, 0.2) is 46.9 Å². The molecule has 1 saturated carbocycles. The molecule has 2 aromatic carbocycles. The number of hydrogen-bond acceptors (Lipinski definition) is 4. The maximum atomic E-state index is 11.6. The number of aromatic nitrogens is 1. The number of nitrogens with zero attached hydrogens (tertiary/aromatic N) is 1. The van der Waals surface area contributed by atoms with Crippen LogP contribution in [0.3, 0.4) is 0 Å². The van der Waals surface area contributed by atoms with Gasteiger partial charge in [0.2, 0.25) is 5.89 Å². The summed E-state index contributed by atoms with van der Waals surface area (Å²) < 4.78 is 11.6. The van der Waals surface area contributed by atoms with E-state index in [1.807, 2.05) is 37.3 Å². The fourth-order valence-electron chi connectivity index (χ4n) is 3.84. The standard InChI is InChI=1S/C24H23Cl2NO4/c1-15-21(27-22(31-15)17-5-8-19(25)20(26)13-17)9-12-30-18-6-3-16(4-7-18)14-24(23(28)29)10-2-11-24/h3-8,13H,2,9-12,14H2,1H3,(H,28,29). The highest BCUT2D eigenvalue weighted by molar-refractivity contribution is 6.42. The molecule has 7 heteroatoms. The van der Waals surface area contributed by atoms with Crippen molar-refractivity contribution in [1.29, 1.82) is 0 Å². The van der Waals surface area contributed by atoms with Gasteiger partial charge in [0, 0.05) is 12.0 Å². The van der Waals surface area contributed by atoms with E-state index in [0.29, 0.717) is 35.4 Å². The monoisotopic (exact) mass is 459 g/mol. The first kappa shape index (κ1) is 21.7. The van der Waals surface area contributed by atoms with Gasteiger partial charge in [0.1, 0.15) is 11.5 Å². The molecule has 1 N–H and O–H groups in total. The number of carboxylic acids is 1. The molecule has 0 spiro atoms. The predicted octanol–water partition coefficient (Wildman–Crippen LogP) is 6.38. The zero-order chi connectivity index (χ0) is 22.0. The molecule has 31 heavy (non-hydrogen) atoms. The van der Waals surface area contributed by atoms with Crippen LogP contribution < -0.4 is 4.74 Å². The smallest absolute Gasteiger partial charge is 0.309 e. The molecule has 3 aromatic rings. The van der Waals surface area contributed by atoms with Crippen molar-refractivity contribution >= 4 is 29.2 Å². The van der Waals surface area contributed by atoms with Crippen LogP contribution in [-0.4, -0.2) is 22.7 Å². The number of carboxylic acid groups (broad SMARTS) is 1. The lowest BCUT2D eigenvalue weighted by Crippen LogP contribution is -2.39. The molecular formula is C24H23Cl2NO4. The molecule has 0 unspecified atom stereocenters. The van der Waals surface area contributed by atoms with Crippen LogP contribution in [0.1, 0.15) is 36.3 Å². The van der Waals surface area contributed by atoms with E-state index in [-0.39, 0.29) is 0 Å². The summed E-state index contributed by atoms with van der Waals surface area (Å²) in [6.07, 6.45) is 3.66. The Bertz CT molecular complexity index is 1090. The minimum Gasteiger partial charge on any atom is -0.493 e. The SMILES string of the molecule is Cc1oc(-c2ccc(Cl)c(Cl)c2)nc1CCOc1ccc(CC2(C(=O)O)CCC2)cc1. The summed E-state index contributed by atoms with van der Waals surface area (Å²) >= 11 is 12.1. The lowest BCUT2D eigenvalue weighted by Gasteiger charge is -2.37. The highest BCUT2D eigenvalue weighted by Crippen LogP contribution is 2.44. The molecule has 4 rings (SSSR count). The van der Waals surface area contributed by atoms with Crippen LogP contribution in [0.25, 0.3) is 11.5 Å². The molecule has 5 nitrogen and oxygen atoms in total. The molecule has 0 radical (unpaired) electrons. The Kier molecular flexibility index (Phi) is 6.26. The zero-order valence-corrected chi connectivity index (χ0v) is 18.7. The Morgan fingerprint density at radius 2 is 1.90 bits per heavy atom. The summed E-state index contributed by atoms with van der Waals surface area (Å²) in [6.45, 7) is 2.32. The van der Waals surface area contributed by atoms with E-state index < -0.39 is 11.4 Å². The van der Waals surface area contributed by atoms with Crippen molar-refractivity contribution in [2.45, 2.75) is 39.0 Å². The molecule has 1 heterocycles. The molecule has 162 valence electrons. The Labute approximate surface area is 191 Å². The summed E-state index contributed by atoms with van der Waals surface area (Å²) in [5.41, 5.74) is 2.03. The normalized spacial score (nSPS) is 14.8. The first-order valence-corrected chi connectivity index (χ1v) is 11.0. The van der Waals surface area contributed by atoms with Crippen molar-refractivity contribution in [1.82, 2.24) is 4.98 Å². The van der Waals surface area contributed by atoms with Gasteiger partial charge >= 0.3 is 5.97 Å². The molecule has 1 aliphatic carbocycles. The van der Waals surface area contributed by atoms with Crippen LogP contribution in [0.4, 0.5) is 0 Å². The van der Waals surface area contributed by atoms with Gasteiger partial charge in [-0.2, -0.15) is 0 Å². The largest absolute Gasteiger partial charge is 0.493 e. The third-order valence-electron chi connectivity index (χ3n) is 5.90. The van der Waals surface area contributed by atoms with Crippen molar-refractivity contribution in [3.8, 4) is 17.2 Å². The van der Waals surface area contributed by atoms with Gasteiger partial charge in [0.25, 0.3) is 0 Å². The lowest BCUT2D eigenvalue weighted by atomic mass is 9.65. The Balaban J connectivity index is 1.34. The van der Waals surface area contributed by atoms with Crippen molar-refractivity contribution in [3.05, 3.63) is 69.5 Å². The Morgan fingerprint density at radius 1 is 1.16 bits per heavy atom. The van der Waals surface area contributed by atoms with Gasteiger partial charge in [-0.1, -0.05) is 41.8 Å². The van der Waals surface area contributed by atoms with Crippen LogP contribution in [0, 0.1) is 12.3 Å². The number of aliphatic carboxylic acids is 1. The van der Waals surface area contributed by atoms with Crippen molar-refractivity contribution < 1.29 is 19.1 Å². The van der Waals surface area contributed by atoms with Crippen LogP contribution in [-0.2, 0) is 17.6 Å². The maximum Gasteiger partial charge on any atom is 0.309 e. The van der Waals surface area contributed by atoms with Crippen molar-refractivity contribution in [2.75, 3.05) is 6.61 Å². The summed E-state index contributed by atoms with van der Waals surface area (Å²) in [5, 5.41) is 10.4. The number of carbonyl (C=O) groups is 1. The topological polar surface area (TPSA) is 72.6 Å². The summed E-state index contributed by atoms with van der Waals surface area (Å²) in [4.78, 5) is 16.1. The van der Waals surface area contributed by atoms with Crippen LogP contribution in [0.2, 0.25) is 10.0 Å². The van der Waals surface area contributed by atoms with E-state index in [2.05, 4.69) is 4.98 Å². The van der Waals surface area contributed by atoms with E-state index in [9.17, 15) is 9.90 Å². The van der Waals surface area contributed by atoms with Crippen molar-refractivity contribution in [3.63, 3.8) is 0 Å². The second-order valence-electron chi connectivity index (χ2n) is 8.01. The van der Waals surface area contributed by atoms with E-state index in [0.717, 1.165) is 47.6 Å². The molecule has 0 amide bonds. The average molecular weight is 460 g/mol. The molecule has 1 fully saturated rings. The van der Waals surface area contributed by atoms with Gasteiger partial charge in [-0.3, -0.25) is 4.79 Å². The van der Waals surface area contributed by atoms with Gasteiger partial charge in [0.05, 0.1) is 27.8 Å². The van der Waals surface area contributed by atoms with Gasteiger partial charge in [-0.25, -0.2) is 4.98 Å². The third kappa shape index (κ3) is 4.73. The number of rotatable bonds is 8. The number of benzene rings is 2. The minimum absolute atomic E-state index is 0.451. The van der Waals surface area contributed by atoms with Crippen LogP contribution >= 0.6 is 23.2 Å². The van der Waals surface area contributed by atoms with E-state index in [1.165, 1.54) is 0 Å². The first-order valence-electron chi connectivity index (χ1n) is 10.2. The molecule has 0 saturated heterocycles. The first-order chi connectivity index (χ1) is 14.9. The number of aryl methyl sites for hydroxylation is 1. The zero-order valence-electron chi connectivity index (χ0n) is 17.2. The van der Waals surface area contributed by atoms with Gasteiger partial charge in [-0.15, -0.1) is 0 Å². The molecular weight excluding hydrogens is 437 g/mol. The van der Waals surface area contributed by atoms with Gasteiger partial charge in [-0.05, 0) is 62.1 Å². The predicted molar refractivity (Wildman–Crippen MR) is 120 cm³/mol. The Hall–Kier alpha value is -2.50. The third-order valence-corrected chi connectivity index (χ3v) is 6.64. The molecule has 1 aromatic heterocycles. The fraction of sp³-hybridized carbons (Fsp3) is 0.333. The molecule has 0 bridgehead atoms. The summed E-state index contributed by atoms with van der Waals surface area (Å²) in [7, 11) is 0. The minimum atomic E-state index is -0.692. The second-order valence-corrected chi connectivity index (χ2v) is 8.82. The molecule has 0 atom stereocenters. The summed E-state index contributed by atoms with van der Waals surface area (Å²) in [6, 6.07) is 12.9. The lowest BCUT2D eigenvalue weighted by molar-refractivity contribution is -0.154. The van der Waals surface area contributed by atoms with Crippen LogP contribution in [0.5, 0.6) is 5.75 Å². The fourth-order valence-corrected chi connectivity index (χ4v) is 4.14. The van der Waals surface area contributed by atoms with Crippen molar-refractivity contribution in [2.24, 2.45) is 5.41 Å². The second kappa shape index (κ2) is 8.93. The quantitative estimate of drug-likeness (QED) is 0.423. The molecule has 0 aliphatic heterocycles. The highest BCUT2D eigenvalue weighted by atomic mass is 35.5. The van der Waals surface area contributed by atoms with Gasteiger partial charge < -0.3 is 14.3 Å². The number of oxazole rings is 1. The number of hydrogen-bond donors (Lipinski definition) is 1.